The number of thiazole rings is 1. The molecule has 1 aliphatic heterocycles. The summed E-state index contributed by atoms with van der Waals surface area (Å²) in [6.07, 6.45) is 3.85. The number of ether oxygens (including phenoxy) is 2. The van der Waals surface area contributed by atoms with E-state index >= 15 is 0 Å². The van der Waals surface area contributed by atoms with Gasteiger partial charge >= 0.3 is 5.97 Å². The Morgan fingerprint density at radius 1 is 1.10 bits per heavy atom. The average Bonchev–Trinajstić information content (AvgIpc) is 3.55. The largest absolute Gasteiger partial charge is 0.460 e. The van der Waals surface area contributed by atoms with Crippen molar-refractivity contribution in [2.45, 2.75) is 58.6 Å². The predicted molar refractivity (Wildman–Crippen MR) is 155 cm³/mol. The zero-order valence-corrected chi connectivity index (χ0v) is 24.4. The normalized spacial score (nSPS) is 16.9. The lowest BCUT2D eigenvalue weighted by Gasteiger charge is -2.29. The van der Waals surface area contributed by atoms with Crippen LogP contribution in [0.4, 0.5) is 0 Å². The van der Waals surface area contributed by atoms with E-state index in [1.165, 1.54) is 11.3 Å². The molecule has 0 spiro atoms. The van der Waals surface area contributed by atoms with Crippen LogP contribution in [-0.4, -0.2) is 65.2 Å². The Hall–Kier alpha value is -3.14. The molecular formula is C31H38N4O4S. The zero-order chi connectivity index (χ0) is 28.2. The van der Waals surface area contributed by atoms with Crippen molar-refractivity contribution in [1.82, 2.24) is 20.2 Å². The quantitative estimate of drug-likeness (QED) is 0.391. The van der Waals surface area contributed by atoms with Gasteiger partial charge in [-0.05, 0) is 56.9 Å². The second kappa shape index (κ2) is 12.2. The molecule has 1 fully saturated rings. The van der Waals surface area contributed by atoms with Crippen LogP contribution < -0.4 is 5.32 Å². The van der Waals surface area contributed by atoms with Crippen molar-refractivity contribution in [2.75, 3.05) is 32.8 Å². The highest BCUT2D eigenvalue weighted by Gasteiger charge is 2.46. The highest BCUT2D eigenvalue weighted by molar-refractivity contribution is 7.09. The molecule has 0 saturated carbocycles. The Morgan fingerprint density at radius 3 is 2.48 bits per heavy atom. The monoisotopic (exact) mass is 562 g/mol. The molecular weight excluding hydrogens is 524 g/mol. The molecule has 1 amide bonds. The Morgan fingerprint density at radius 2 is 1.82 bits per heavy atom. The van der Waals surface area contributed by atoms with Crippen molar-refractivity contribution in [3.05, 3.63) is 69.8 Å². The Balaban J connectivity index is 1.20. The zero-order valence-electron chi connectivity index (χ0n) is 23.6. The van der Waals surface area contributed by atoms with E-state index in [1.807, 2.05) is 56.6 Å². The van der Waals surface area contributed by atoms with Gasteiger partial charge in [0.2, 0.25) is 5.91 Å². The third-order valence-corrected chi connectivity index (χ3v) is 8.27. The molecule has 2 aliphatic rings. The van der Waals surface area contributed by atoms with Gasteiger partial charge in [-0.1, -0.05) is 24.3 Å². The first-order chi connectivity index (χ1) is 19.2. The molecule has 1 N–H and O–H groups in total. The lowest BCUT2D eigenvalue weighted by Crippen LogP contribution is -2.44. The summed E-state index contributed by atoms with van der Waals surface area (Å²) in [5.74, 6) is -0.495. The number of nitrogens with one attached hydrogen (secondary N) is 1. The summed E-state index contributed by atoms with van der Waals surface area (Å²) in [6.45, 7) is 10.4. The highest BCUT2D eigenvalue weighted by atomic mass is 32.1. The van der Waals surface area contributed by atoms with Gasteiger partial charge in [0.1, 0.15) is 10.6 Å². The van der Waals surface area contributed by atoms with Gasteiger partial charge in [0.05, 0.1) is 37.3 Å². The number of nitrogens with zero attached hydrogens (tertiary/aromatic N) is 3. The van der Waals surface area contributed by atoms with E-state index in [0.717, 1.165) is 72.4 Å². The standard InChI is InChI=1S/C31H38N4O4S/c1-30(2,3)39-28(36)18-31(16-22-6-4-5-7-23(22)17-31)29(37)33-20-27-34-26(21-40-27)24-8-9-25(32-19-24)10-11-35-12-14-38-15-13-35/h4-9,19,21H,10-18,20H2,1-3H3,(H,33,37). The van der Waals surface area contributed by atoms with Crippen LogP contribution in [0.1, 0.15) is 49.0 Å². The van der Waals surface area contributed by atoms with E-state index in [4.69, 9.17) is 14.5 Å². The van der Waals surface area contributed by atoms with E-state index in [2.05, 4.69) is 27.3 Å². The molecule has 1 aromatic carbocycles. The van der Waals surface area contributed by atoms with Gasteiger partial charge in [0.15, 0.2) is 0 Å². The number of carbonyl (C=O) groups excluding carboxylic acids is 2. The molecule has 0 bridgehead atoms. The molecule has 8 nitrogen and oxygen atoms in total. The number of benzene rings is 1. The van der Waals surface area contributed by atoms with Crippen molar-refractivity contribution in [2.24, 2.45) is 5.41 Å². The van der Waals surface area contributed by atoms with Crippen molar-refractivity contribution in [3.8, 4) is 11.3 Å². The molecule has 3 aromatic rings. The number of hydrogen-bond acceptors (Lipinski definition) is 8. The number of amides is 1. The van der Waals surface area contributed by atoms with Crippen LogP contribution in [0.5, 0.6) is 0 Å². The molecule has 1 aliphatic carbocycles. The van der Waals surface area contributed by atoms with Crippen LogP contribution in [0.3, 0.4) is 0 Å². The van der Waals surface area contributed by atoms with Crippen LogP contribution in [-0.2, 0) is 44.9 Å². The lowest BCUT2D eigenvalue weighted by molar-refractivity contribution is -0.160. The van der Waals surface area contributed by atoms with Crippen LogP contribution in [0.25, 0.3) is 11.3 Å². The predicted octanol–water partition coefficient (Wildman–Crippen LogP) is 4.21. The van der Waals surface area contributed by atoms with Gasteiger partial charge in [-0.25, -0.2) is 4.98 Å². The summed E-state index contributed by atoms with van der Waals surface area (Å²) in [5, 5.41) is 5.88. The molecule has 212 valence electrons. The van der Waals surface area contributed by atoms with Gasteiger partial charge in [-0.2, -0.15) is 0 Å². The minimum atomic E-state index is -0.868. The SMILES string of the molecule is CC(C)(C)OC(=O)CC1(C(=O)NCc2nc(-c3ccc(CCN4CCOCC4)nc3)cs2)Cc2ccccc2C1. The van der Waals surface area contributed by atoms with Crippen molar-refractivity contribution in [1.29, 1.82) is 0 Å². The van der Waals surface area contributed by atoms with Crippen LogP contribution in [0.2, 0.25) is 0 Å². The summed E-state index contributed by atoms with van der Waals surface area (Å²) in [5.41, 5.74) is 3.61. The van der Waals surface area contributed by atoms with Crippen molar-refractivity contribution < 1.29 is 19.1 Å². The number of aromatic nitrogens is 2. The number of morpholine rings is 1. The third-order valence-electron chi connectivity index (χ3n) is 7.42. The first kappa shape index (κ1) is 28.4. The maximum Gasteiger partial charge on any atom is 0.307 e. The Bertz CT molecular complexity index is 1300. The van der Waals surface area contributed by atoms with Crippen molar-refractivity contribution >= 4 is 23.2 Å². The van der Waals surface area contributed by atoms with Gasteiger partial charge in [-0.15, -0.1) is 11.3 Å². The van der Waals surface area contributed by atoms with E-state index in [-0.39, 0.29) is 18.3 Å². The van der Waals surface area contributed by atoms with E-state index in [1.54, 1.807) is 0 Å². The fourth-order valence-corrected chi connectivity index (χ4v) is 6.15. The number of fused-ring (bicyclic) bond motifs is 1. The Kier molecular flexibility index (Phi) is 8.63. The number of pyridine rings is 1. The van der Waals surface area contributed by atoms with Crippen LogP contribution >= 0.6 is 11.3 Å². The van der Waals surface area contributed by atoms with Crippen LogP contribution in [0.15, 0.2) is 48.0 Å². The molecule has 0 radical (unpaired) electrons. The molecule has 3 heterocycles. The average molecular weight is 563 g/mol. The molecule has 1 saturated heterocycles. The number of rotatable bonds is 9. The number of hydrogen-bond donors (Lipinski definition) is 1. The van der Waals surface area contributed by atoms with Crippen LogP contribution in [0, 0.1) is 5.41 Å². The fraction of sp³-hybridized carbons (Fsp3) is 0.484. The molecule has 5 rings (SSSR count). The number of carbonyl (C=O) groups is 2. The maximum absolute atomic E-state index is 13.6. The van der Waals surface area contributed by atoms with E-state index in [9.17, 15) is 9.59 Å². The van der Waals surface area contributed by atoms with Crippen molar-refractivity contribution in [3.63, 3.8) is 0 Å². The van der Waals surface area contributed by atoms with E-state index in [0.29, 0.717) is 19.4 Å². The van der Waals surface area contributed by atoms with Gasteiger partial charge < -0.3 is 14.8 Å². The van der Waals surface area contributed by atoms with Gasteiger partial charge in [0.25, 0.3) is 0 Å². The molecule has 2 aromatic heterocycles. The summed E-state index contributed by atoms with van der Waals surface area (Å²) in [4.78, 5) is 38.3. The van der Waals surface area contributed by atoms with Gasteiger partial charge in [-0.3, -0.25) is 19.5 Å². The molecule has 0 unspecified atom stereocenters. The van der Waals surface area contributed by atoms with Gasteiger partial charge in [0, 0.05) is 48.9 Å². The summed E-state index contributed by atoms with van der Waals surface area (Å²) >= 11 is 1.51. The lowest BCUT2D eigenvalue weighted by atomic mass is 9.80. The minimum Gasteiger partial charge on any atom is -0.460 e. The summed E-state index contributed by atoms with van der Waals surface area (Å²) in [7, 11) is 0. The highest BCUT2D eigenvalue weighted by Crippen LogP contribution is 2.41. The number of esters is 1. The Labute approximate surface area is 240 Å². The second-order valence-corrected chi connectivity index (χ2v) is 12.7. The molecule has 0 atom stereocenters. The topological polar surface area (TPSA) is 93.7 Å². The second-order valence-electron chi connectivity index (χ2n) is 11.7. The molecule has 9 heteroatoms. The fourth-order valence-electron chi connectivity index (χ4n) is 5.40. The van der Waals surface area contributed by atoms with E-state index < -0.39 is 11.0 Å². The first-order valence-corrected chi connectivity index (χ1v) is 14.8. The first-order valence-electron chi connectivity index (χ1n) is 14.0. The minimum absolute atomic E-state index is 0.0391. The summed E-state index contributed by atoms with van der Waals surface area (Å²) < 4.78 is 11.0. The smallest absolute Gasteiger partial charge is 0.307 e. The maximum atomic E-state index is 13.6. The molecule has 40 heavy (non-hydrogen) atoms. The third kappa shape index (κ3) is 7.13. The summed E-state index contributed by atoms with van der Waals surface area (Å²) in [6, 6.07) is 12.1.